The van der Waals surface area contributed by atoms with E-state index in [1.165, 1.54) is 0 Å². The number of hydrogen-bond acceptors (Lipinski definition) is 1. The molecule has 1 rings (SSSR count). The van der Waals surface area contributed by atoms with Crippen LogP contribution in [0.15, 0.2) is 18.2 Å². The summed E-state index contributed by atoms with van der Waals surface area (Å²) >= 11 is 12.1. The monoisotopic (exact) mass is 273 g/mol. The molecule has 0 unspecified atom stereocenters. The second-order valence-electron chi connectivity index (χ2n) is 5.48. The average Bonchev–Trinajstić information content (AvgIpc) is 2.22. The van der Waals surface area contributed by atoms with E-state index in [4.69, 9.17) is 23.2 Å². The second kappa shape index (κ2) is 6.08. The van der Waals surface area contributed by atoms with Gasteiger partial charge in [-0.15, -0.1) is 0 Å². The van der Waals surface area contributed by atoms with Gasteiger partial charge < -0.3 is 5.32 Å². The van der Waals surface area contributed by atoms with Crippen molar-refractivity contribution in [2.45, 2.75) is 34.2 Å². The first-order valence-electron chi connectivity index (χ1n) is 5.97. The Morgan fingerprint density at radius 2 is 1.88 bits per heavy atom. The third-order valence-electron chi connectivity index (χ3n) is 3.47. The van der Waals surface area contributed by atoms with Crippen LogP contribution in [-0.4, -0.2) is 6.54 Å². The zero-order valence-electron chi connectivity index (χ0n) is 11.0. The van der Waals surface area contributed by atoms with Crippen molar-refractivity contribution in [3.8, 4) is 0 Å². The maximum Gasteiger partial charge on any atom is 0.0451 e. The zero-order chi connectivity index (χ0) is 13.1. The first-order chi connectivity index (χ1) is 7.83. The van der Waals surface area contributed by atoms with Crippen molar-refractivity contribution in [3.05, 3.63) is 33.8 Å². The molecular weight excluding hydrogens is 253 g/mol. The molecule has 1 nitrogen and oxygen atoms in total. The Labute approximate surface area is 115 Å². The lowest BCUT2D eigenvalue weighted by Crippen LogP contribution is -2.33. The molecular formula is C14H21Cl2N. The van der Waals surface area contributed by atoms with Gasteiger partial charge in [0.1, 0.15) is 0 Å². The van der Waals surface area contributed by atoms with Crippen molar-refractivity contribution in [3.63, 3.8) is 0 Å². The zero-order valence-corrected chi connectivity index (χ0v) is 12.5. The Balaban J connectivity index is 2.54. The Bertz CT molecular complexity index is 372. The molecule has 0 fully saturated rings. The van der Waals surface area contributed by atoms with Crippen LogP contribution >= 0.6 is 23.2 Å². The molecule has 0 atom stereocenters. The fourth-order valence-electron chi connectivity index (χ4n) is 1.40. The molecule has 0 aliphatic rings. The molecule has 0 saturated carbocycles. The lowest BCUT2D eigenvalue weighted by atomic mass is 9.81. The van der Waals surface area contributed by atoms with Gasteiger partial charge in [-0.05, 0) is 35.1 Å². The third kappa shape index (κ3) is 4.50. The quantitative estimate of drug-likeness (QED) is 0.815. The van der Waals surface area contributed by atoms with Crippen LogP contribution in [0.25, 0.3) is 0 Å². The lowest BCUT2D eigenvalue weighted by Gasteiger charge is -2.29. The van der Waals surface area contributed by atoms with Gasteiger partial charge in [-0.25, -0.2) is 0 Å². The standard InChI is InChI=1S/C14H21Cl2N/c1-10(2)14(3,4)9-17-8-11-7-12(15)5-6-13(11)16/h5-7,10,17H,8-9H2,1-4H3. The molecule has 0 amide bonds. The maximum absolute atomic E-state index is 6.11. The molecule has 96 valence electrons. The molecule has 3 heteroatoms. The highest BCUT2D eigenvalue weighted by atomic mass is 35.5. The van der Waals surface area contributed by atoms with Gasteiger partial charge in [0, 0.05) is 23.1 Å². The van der Waals surface area contributed by atoms with E-state index in [1.54, 1.807) is 0 Å². The van der Waals surface area contributed by atoms with Gasteiger partial charge in [0.25, 0.3) is 0 Å². The van der Waals surface area contributed by atoms with Crippen molar-refractivity contribution < 1.29 is 0 Å². The highest BCUT2D eigenvalue weighted by Crippen LogP contribution is 2.25. The summed E-state index contributed by atoms with van der Waals surface area (Å²) in [5, 5.41) is 4.95. The van der Waals surface area contributed by atoms with Crippen molar-refractivity contribution >= 4 is 23.2 Å². The van der Waals surface area contributed by atoms with Crippen LogP contribution in [-0.2, 0) is 6.54 Å². The molecule has 17 heavy (non-hydrogen) atoms. The molecule has 0 aliphatic carbocycles. The lowest BCUT2D eigenvalue weighted by molar-refractivity contribution is 0.238. The number of rotatable bonds is 5. The summed E-state index contributed by atoms with van der Waals surface area (Å²) in [7, 11) is 0. The molecule has 0 saturated heterocycles. The van der Waals surface area contributed by atoms with E-state index in [0.717, 1.165) is 28.7 Å². The summed E-state index contributed by atoms with van der Waals surface area (Å²) in [5.74, 6) is 0.643. The fraction of sp³-hybridized carbons (Fsp3) is 0.571. The smallest absolute Gasteiger partial charge is 0.0451 e. The van der Waals surface area contributed by atoms with Gasteiger partial charge in [0.05, 0.1) is 0 Å². The molecule has 0 aromatic heterocycles. The van der Waals surface area contributed by atoms with Crippen LogP contribution in [0, 0.1) is 11.3 Å². The van der Waals surface area contributed by atoms with E-state index in [9.17, 15) is 0 Å². The van der Waals surface area contributed by atoms with E-state index < -0.39 is 0 Å². The van der Waals surface area contributed by atoms with Gasteiger partial charge in [0.2, 0.25) is 0 Å². The predicted molar refractivity (Wildman–Crippen MR) is 76.8 cm³/mol. The van der Waals surface area contributed by atoms with Gasteiger partial charge in [0.15, 0.2) is 0 Å². The second-order valence-corrected chi connectivity index (χ2v) is 6.33. The largest absolute Gasteiger partial charge is 0.312 e. The SMILES string of the molecule is CC(C)C(C)(C)CNCc1cc(Cl)ccc1Cl. The van der Waals surface area contributed by atoms with Crippen LogP contribution in [0.1, 0.15) is 33.3 Å². The minimum Gasteiger partial charge on any atom is -0.312 e. The molecule has 1 aromatic rings. The molecule has 0 spiro atoms. The fourth-order valence-corrected chi connectivity index (χ4v) is 1.78. The molecule has 0 bridgehead atoms. The Morgan fingerprint density at radius 3 is 2.47 bits per heavy atom. The number of hydrogen-bond donors (Lipinski definition) is 1. The summed E-state index contributed by atoms with van der Waals surface area (Å²) < 4.78 is 0. The molecule has 0 heterocycles. The summed E-state index contributed by atoms with van der Waals surface area (Å²) in [6.45, 7) is 10.7. The topological polar surface area (TPSA) is 12.0 Å². The molecule has 0 aliphatic heterocycles. The summed E-state index contributed by atoms with van der Waals surface area (Å²) in [6, 6.07) is 5.57. The highest BCUT2D eigenvalue weighted by molar-refractivity contribution is 6.33. The summed E-state index contributed by atoms with van der Waals surface area (Å²) in [4.78, 5) is 0. The Morgan fingerprint density at radius 1 is 1.24 bits per heavy atom. The van der Waals surface area contributed by atoms with Crippen LogP contribution in [0.2, 0.25) is 10.0 Å². The molecule has 0 radical (unpaired) electrons. The summed E-state index contributed by atoms with van der Waals surface area (Å²) in [6.07, 6.45) is 0. The Hall–Kier alpha value is -0.240. The minimum absolute atomic E-state index is 0.283. The first-order valence-corrected chi connectivity index (χ1v) is 6.73. The first kappa shape index (κ1) is 14.8. The summed E-state index contributed by atoms with van der Waals surface area (Å²) in [5.41, 5.74) is 1.34. The minimum atomic E-state index is 0.283. The Kier molecular flexibility index (Phi) is 5.30. The van der Waals surface area contributed by atoms with E-state index in [0.29, 0.717) is 5.92 Å². The number of nitrogens with one attached hydrogen (secondary N) is 1. The van der Waals surface area contributed by atoms with Crippen molar-refractivity contribution in [2.24, 2.45) is 11.3 Å². The predicted octanol–water partition coefficient (Wildman–Crippen LogP) is 4.77. The normalized spacial score (nSPS) is 12.2. The van der Waals surface area contributed by atoms with E-state index >= 15 is 0 Å². The van der Waals surface area contributed by atoms with E-state index in [-0.39, 0.29) is 5.41 Å². The van der Waals surface area contributed by atoms with Gasteiger partial charge >= 0.3 is 0 Å². The highest BCUT2D eigenvalue weighted by Gasteiger charge is 2.21. The van der Waals surface area contributed by atoms with Crippen LogP contribution in [0.4, 0.5) is 0 Å². The van der Waals surface area contributed by atoms with E-state index in [2.05, 4.69) is 33.0 Å². The maximum atomic E-state index is 6.11. The van der Waals surface area contributed by atoms with Crippen LogP contribution in [0.3, 0.4) is 0 Å². The van der Waals surface area contributed by atoms with Gasteiger partial charge in [-0.3, -0.25) is 0 Å². The molecule has 1 N–H and O–H groups in total. The number of benzene rings is 1. The number of halogens is 2. The van der Waals surface area contributed by atoms with Crippen molar-refractivity contribution in [2.75, 3.05) is 6.54 Å². The van der Waals surface area contributed by atoms with Crippen molar-refractivity contribution in [1.29, 1.82) is 0 Å². The van der Waals surface area contributed by atoms with Crippen LogP contribution in [0.5, 0.6) is 0 Å². The van der Waals surface area contributed by atoms with Gasteiger partial charge in [-0.2, -0.15) is 0 Å². The van der Waals surface area contributed by atoms with Gasteiger partial charge in [-0.1, -0.05) is 50.9 Å². The van der Waals surface area contributed by atoms with E-state index in [1.807, 2.05) is 18.2 Å². The molecule has 1 aromatic carbocycles. The van der Waals surface area contributed by atoms with Crippen molar-refractivity contribution in [1.82, 2.24) is 5.32 Å². The third-order valence-corrected chi connectivity index (χ3v) is 4.07. The van der Waals surface area contributed by atoms with Crippen LogP contribution < -0.4 is 5.32 Å². The average molecular weight is 274 g/mol.